The monoisotopic (exact) mass is 393 g/mol. The lowest BCUT2D eigenvalue weighted by Gasteiger charge is -2.22. The van der Waals surface area contributed by atoms with Crippen LogP contribution in [0.4, 0.5) is 0 Å². The number of hydrogen-bond donors (Lipinski definition) is 1. The maximum absolute atomic E-state index is 12.4. The molecule has 9 heteroatoms. The molecule has 2 aromatic rings. The van der Waals surface area contributed by atoms with Crippen molar-refractivity contribution < 1.29 is 22.4 Å². The summed E-state index contributed by atoms with van der Waals surface area (Å²) in [5, 5.41) is 9.62. The van der Waals surface area contributed by atoms with E-state index in [0.717, 1.165) is 32.1 Å². The summed E-state index contributed by atoms with van der Waals surface area (Å²) in [5.74, 6) is -0.478. The molecular formula is C18H23N3O5S. The second-order valence-corrected chi connectivity index (χ2v) is 8.36. The Morgan fingerprint density at radius 1 is 1.19 bits per heavy atom. The lowest BCUT2D eigenvalue weighted by Crippen LogP contribution is -2.39. The molecule has 1 heterocycles. The molecule has 0 unspecified atom stereocenters. The van der Waals surface area contributed by atoms with Gasteiger partial charge in [-0.1, -0.05) is 24.4 Å². The normalized spacial score (nSPS) is 15.4. The van der Waals surface area contributed by atoms with Crippen LogP contribution in [0.25, 0.3) is 11.5 Å². The summed E-state index contributed by atoms with van der Waals surface area (Å²) in [6.07, 6.45) is 5.02. The Labute approximate surface area is 158 Å². The highest BCUT2D eigenvalue weighted by molar-refractivity contribution is 7.91. The molecule has 146 valence electrons. The van der Waals surface area contributed by atoms with Crippen molar-refractivity contribution in [3.8, 4) is 17.2 Å². The minimum absolute atomic E-state index is 0.0450. The van der Waals surface area contributed by atoms with Crippen LogP contribution in [0.1, 0.15) is 39.0 Å². The molecule has 1 aromatic carbocycles. The van der Waals surface area contributed by atoms with E-state index < -0.39 is 26.7 Å². The van der Waals surface area contributed by atoms with Crippen molar-refractivity contribution in [3.63, 3.8) is 0 Å². The zero-order valence-electron chi connectivity index (χ0n) is 15.2. The van der Waals surface area contributed by atoms with E-state index in [1.165, 1.54) is 0 Å². The van der Waals surface area contributed by atoms with Gasteiger partial charge in [-0.25, -0.2) is 8.42 Å². The zero-order chi connectivity index (χ0) is 19.3. The molecule has 0 bridgehead atoms. The standard InChI is InChI=1S/C18H23N3O5S/c1-2-25-15-10-8-13(9-11-15)17-20-21-18(26-17)27(23,24)12-16(22)19-14-6-4-3-5-7-14/h8-11,14H,2-7,12H2,1H3,(H,19,22). The highest BCUT2D eigenvalue weighted by Gasteiger charge is 2.27. The van der Waals surface area contributed by atoms with Crippen molar-refractivity contribution in [2.45, 2.75) is 50.3 Å². The van der Waals surface area contributed by atoms with Crippen LogP contribution in [-0.4, -0.2) is 42.9 Å². The van der Waals surface area contributed by atoms with Crippen LogP contribution in [0.15, 0.2) is 33.9 Å². The summed E-state index contributed by atoms with van der Waals surface area (Å²) in [7, 11) is -3.99. The van der Waals surface area contributed by atoms with Gasteiger partial charge in [0.05, 0.1) is 6.61 Å². The van der Waals surface area contributed by atoms with Crippen molar-refractivity contribution in [3.05, 3.63) is 24.3 Å². The largest absolute Gasteiger partial charge is 0.494 e. The van der Waals surface area contributed by atoms with Crippen LogP contribution in [0.3, 0.4) is 0 Å². The highest BCUT2D eigenvalue weighted by Crippen LogP contribution is 2.23. The molecule has 1 fully saturated rings. The first kappa shape index (κ1) is 19.3. The van der Waals surface area contributed by atoms with Gasteiger partial charge in [0.1, 0.15) is 11.5 Å². The first-order valence-electron chi connectivity index (χ1n) is 9.07. The van der Waals surface area contributed by atoms with Crippen molar-refractivity contribution >= 4 is 15.7 Å². The highest BCUT2D eigenvalue weighted by atomic mass is 32.2. The fourth-order valence-corrected chi connectivity index (χ4v) is 3.99. The van der Waals surface area contributed by atoms with Crippen LogP contribution in [0, 0.1) is 0 Å². The lowest BCUT2D eigenvalue weighted by molar-refractivity contribution is -0.119. The summed E-state index contributed by atoms with van der Waals surface area (Å²) >= 11 is 0. The summed E-state index contributed by atoms with van der Waals surface area (Å²) in [4.78, 5) is 12.1. The van der Waals surface area contributed by atoms with Crippen LogP contribution in [0.2, 0.25) is 0 Å². The molecule has 1 aliphatic rings. The van der Waals surface area contributed by atoms with E-state index in [4.69, 9.17) is 9.15 Å². The quantitative estimate of drug-likeness (QED) is 0.768. The second kappa shape index (κ2) is 8.51. The maximum Gasteiger partial charge on any atom is 0.336 e. The molecular weight excluding hydrogens is 370 g/mol. The number of sulfone groups is 1. The zero-order valence-corrected chi connectivity index (χ0v) is 16.0. The Kier molecular flexibility index (Phi) is 6.10. The number of rotatable bonds is 7. The fourth-order valence-electron chi connectivity index (χ4n) is 3.06. The minimum atomic E-state index is -3.99. The van der Waals surface area contributed by atoms with Gasteiger partial charge in [0.2, 0.25) is 21.6 Å². The van der Waals surface area contributed by atoms with E-state index in [1.807, 2.05) is 6.92 Å². The first-order chi connectivity index (χ1) is 13.0. The Balaban J connectivity index is 1.65. The molecule has 0 radical (unpaired) electrons. The minimum Gasteiger partial charge on any atom is -0.494 e. The molecule has 1 N–H and O–H groups in total. The number of carbonyl (C=O) groups is 1. The van der Waals surface area contributed by atoms with Crippen LogP contribution in [-0.2, 0) is 14.6 Å². The molecule has 27 heavy (non-hydrogen) atoms. The van der Waals surface area contributed by atoms with Gasteiger partial charge < -0.3 is 14.5 Å². The number of ether oxygens (including phenoxy) is 1. The molecule has 0 saturated heterocycles. The number of nitrogens with one attached hydrogen (secondary N) is 1. The third kappa shape index (κ3) is 5.06. The number of hydrogen-bond acceptors (Lipinski definition) is 7. The Hall–Kier alpha value is -2.42. The molecule has 3 rings (SSSR count). The van der Waals surface area contributed by atoms with Gasteiger partial charge in [-0.3, -0.25) is 4.79 Å². The van der Waals surface area contributed by atoms with E-state index in [-0.39, 0.29) is 11.9 Å². The smallest absolute Gasteiger partial charge is 0.336 e. The SMILES string of the molecule is CCOc1ccc(-c2nnc(S(=O)(=O)CC(=O)NC3CCCCC3)o2)cc1. The van der Waals surface area contributed by atoms with E-state index in [2.05, 4.69) is 15.5 Å². The first-order valence-corrected chi connectivity index (χ1v) is 10.7. The van der Waals surface area contributed by atoms with E-state index in [1.54, 1.807) is 24.3 Å². The van der Waals surface area contributed by atoms with Crippen LogP contribution in [0.5, 0.6) is 5.75 Å². The summed E-state index contributed by atoms with van der Waals surface area (Å²) in [6.45, 7) is 2.43. The molecule has 0 spiro atoms. The number of nitrogens with zero attached hydrogens (tertiary/aromatic N) is 2. The predicted octanol–water partition coefficient (Wildman–Crippen LogP) is 2.36. The number of amides is 1. The van der Waals surface area contributed by atoms with Crippen LogP contribution >= 0.6 is 0 Å². The van der Waals surface area contributed by atoms with Gasteiger partial charge in [-0.2, -0.15) is 0 Å². The lowest BCUT2D eigenvalue weighted by atomic mass is 9.95. The maximum atomic E-state index is 12.4. The number of carbonyl (C=O) groups excluding carboxylic acids is 1. The molecule has 1 aromatic heterocycles. The molecule has 1 amide bonds. The van der Waals surface area contributed by atoms with Gasteiger partial charge in [0.15, 0.2) is 0 Å². The molecule has 1 aliphatic carbocycles. The number of aromatic nitrogens is 2. The third-order valence-electron chi connectivity index (χ3n) is 4.38. The van der Waals surface area contributed by atoms with Gasteiger partial charge in [-0.05, 0) is 44.0 Å². The molecule has 1 saturated carbocycles. The third-order valence-corrected chi connectivity index (χ3v) is 5.72. The van der Waals surface area contributed by atoms with Gasteiger partial charge in [0.25, 0.3) is 0 Å². The average molecular weight is 393 g/mol. The molecule has 0 aliphatic heterocycles. The Morgan fingerprint density at radius 2 is 1.89 bits per heavy atom. The van der Waals surface area contributed by atoms with Gasteiger partial charge >= 0.3 is 5.22 Å². The van der Waals surface area contributed by atoms with Crippen molar-refractivity contribution in [1.29, 1.82) is 0 Å². The van der Waals surface area contributed by atoms with Gasteiger partial charge in [-0.15, -0.1) is 5.10 Å². The van der Waals surface area contributed by atoms with Crippen molar-refractivity contribution in [2.75, 3.05) is 12.4 Å². The van der Waals surface area contributed by atoms with Gasteiger partial charge in [0, 0.05) is 11.6 Å². The predicted molar refractivity (Wildman–Crippen MR) is 98.0 cm³/mol. The Morgan fingerprint density at radius 3 is 2.56 bits per heavy atom. The molecule has 8 nitrogen and oxygen atoms in total. The van der Waals surface area contributed by atoms with Crippen molar-refractivity contribution in [2.24, 2.45) is 0 Å². The Bertz CT molecular complexity index is 871. The second-order valence-electron chi connectivity index (χ2n) is 6.49. The average Bonchev–Trinajstić information content (AvgIpc) is 3.14. The van der Waals surface area contributed by atoms with Crippen LogP contribution < -0.4 is 10.1 Å². The summed E-state index contributed by atoms with van der Waals surface area (Å²) in [6, 6.07) is 6.91. The molecule has 0 atom stereocenters. The number of benzene rings is 1. The van der Waals surface area contributed by atoms with E-state index >= 15 is 0 Å². The van der Waals surface area contributed by atoms with E-state index in [9.17, 15) is 13.2 Å². The fraction of sp³-hybridized carbons (Fsp3) is 0.500. The summed E-state index contributed by atoms with van der Waals surface area (Å²) < 4.78 is 35.4. The van der Waals surface area contributed by atoms with Crippen molar-refractivity contribution in [1.82, 2.24) is 15.5 Å². The summed E-state index contributed by atoms with van der Waals surface area (Å²) in [5.41, 5.74) is 0.569. The van der Waals surface area contributed by atoms with E-state index in [0.29, 0.717) is 17.9 Å². The topological polar surface area (TPSA) is 111 Å².